The predicted octanol–water partition coefficient (Wildman–Crippen LogP) is 16.5. The van der Waals surface area contributed by atoms with E-state index < -0.39 is 5.92 Å². The molecule has 0 fully saturated rings. The minimum absolute atomic E-state index is 0.123. The first kappa shape index (κ1) is 51.7. The summed E-state index contributed by atoms with van der Waals surface area (Å²) in [6, 6.07) is 0. The zero-order valence-corrected chi connectivity index (χ0v) is 36.4. The normalized spacial score (nSPS) is 12.1. The number of rotatable bonds is 44. The van der Waals surface area contributed by atoms with Crippen LogP contribution in [0.3, 0.4) is 0 Å². The van der Waals surface area contributed by atoms with Gasteiger partial charge in [-0.05, 0) is 32.1 Å². The van der Waals surface area contributed by atoms with Gasteiger partial charge in [0.25, 0.3) is 0 Å². The smallest absolute Gasteiger partial charge is 0.309 e. The molecule has 314 valence electrons. The number of unbranched alkanes of at least 4 members (excludes halogenated alkanes) is 34. The Morgan fingerprint density at radius 2 is 0.679 bits per heavy atom. The molecule has 0 N–H and O–H groups in total. The number of ether oxygens (including phenoxy) is 2. The van der Waals surface area contributed by atoms with Crippen molar-refractivity contribution in [3.05, 3.63) is 12.2 Å². The van der Waals surface area contributed by atoms with Gasteiger partial charge in [0.05, 0.1) is 25.6 Å². The maximum atomic E-state index is 13.1. The lowest BCUT2D eigenvalue weighted by Crippen LogP contribution is -2.22. The van der Waals surface area contributed by atoms with Crippen molar-refractivity contribution in [2.75, 3.05) is 13.2 Å². The standard InChI is InChI=1S/C49H94O4/c1-4-7-10-13-16-19-22-23-24-25-26-27-28-29-30-31-34-37-40-43-47(49(51)53-45-42-39-36-33-21-18-15-12-9-6-3)46-48(50)52-44-41-38-35-32-20-17-14-11-8-5-2/h37,40,47H,4-36,38-39,41-46H2,1-3H3/b40-37+. The van der Waals surface area contributed by atoms with Crippen molar-refractivity contribution in [1.29, 1.82) is 0 Å². The summed E-state index contributed by atoms with van der Waals surface area (Å²) in [5, 5.41) is 0. The highest BCUT2D eigenvalue weighted by Gasteiger charge is 2.23. The molecule has 0 bridgehead atoms. The monoisotopic (exact) mass is 747 g/mol. The molecule has 0 spiro atoms. The highest BCUT2D eigenvalue weighted by molar-refractivity contribution is 5.80. The third-order valence-corrected chi connectivity index (χ3v) is 11.1. The molecule has 0 aliphatic heterocycles. The van der Waals surface area contributed by atoms with E-state index in [4.69, 9.17) is 9.47 Å². The summed E-state index contributed by atoms with van der Waals surface area (Å²) < 4.78 is 11.3. The van der Waals surface area contributed by atoms with E-state index in [-0.39, 0.29) is 18.4 Å². The highest BCUT2D eigenvalue weighted by Crippen LogP contribution is 2.18. The van der Waals surface area contributed by atoms with Crippen molar-refractivity contribution >= 4 is 11.9 Å². The minimum atomic E-state index is -0.444. The maximum absolute atomic E-state index is 13.1. The Morgan fingerprint density at radius 1 is 0.377 bits per heavy atom. The van der Waals surface area contributed by atoms with E-state index in [1.165, 1.54) is 205 Å². The van der Waals surface area contributed by atoms with Gasteiger partial charge in [0.1, 0.15) is 0 Å². The van der Waals surface area contributed by atoms with E-state index in [0.29, 0.717) is 19.6 Å². The molecule has 0 aromatic rings. The van der Waals surface area contributed by atoms with Gasteiger partial charge < -0.3 is 9.47 Å². The number of allylic oxidation sites excluding steroid dienone is 2. The Kier molecular flexibility index (Phi) is 43.9. The molecule has 0 radical (unpaired) electrons. The molecular formula is C49H94O4. The van der Waals surface area contributed by atoms with Crippen molar-refractivity contribution in [2.45, 2.75) is 271 Å². The molecule has 0 heterocycles. The molecule has 0 saturated carbocycles. The van der Waals surface area contributed by atoms with Crippen LogP contribution in [-0.2, 0) is 19.1 Å². The van der Waals surface area contributed by atoms with Crippen molar-refractivity contribution in [2.24, 2.45) is 5.92 Å². The molecule has 1 atom stereocenters. The van der Waals surface area contributed by atoms with Crippen LogP contribution in [0.5, 0.6) is 0 Å². The summed E-state index contributed by atoms with van der Waals surface area (Å²) in [4.78, 5) is 25.8. The number of esters is 2. The van der Waals surface area contributed by atoms with Gasteiger partial charge in [0.15, 0.2) is 0 Å². The lowest BCUT2D eigenvalue weighted by molar-refractivity contribution is -0.155. The lowest BCUT2D eigenvalue weighted by Gasteiger charge is -2.14. The molecule has 4 heteroatoms. The van der Waals surface area contributed by atoms with Crippen LogP contribution in [0.25, 0.3) is 0 Å². The third-order valence-electron chi connectivity index (χ3n) is 11.1. The highest BCUT2D eigenvalue weighted by atomic mass is 16.5. The number of carbonyl (C=O) groups is 2. The third kappa shape index (κ3) is 41.7. The molecule has 0 aliphatic carbocycles. The Morgan fingerprint density at radius 3 is 1.04 bits per heavy atom. The minimum Gasteiger partial charge on any atom is -0.466 e. The van der Waals surface area contributed by atoms with Gasteiger partial charge in [0.2, 0.25) is 0 Å². The largest absolute Gasteiger partial charge is 0.466 e. The first-order chi connectivity index (χ1) is 26.2. The molecule has 0 aromatic heterocycles. The number of hydrogen-bond donors (Lipinski definition) is 0. The van der Waals surface area contributed by atoms with Gasteiger partial charge >= 0.3 is 11.9 Å². The van der Waals surface area contributed by atoms with Gasteiger partial charge in [-0.1, -0.05) is 245 Å². The molecule has 0 rings (SSSR count). The quantitative estimate of drug-likeness (QED) is 0.0354. The fourth-order valence-corrected chi connectivity index (χ4v) is 7.37. The van der Waals surface area contributed by atoms with Gasteiger partial charge in [-0.15, -0.1) is 0 Å². The first-order valence-electron chi connectivity index (χ1n) is 24.1. The molecule has 4 nitrogen and oxygen atoms in total. The Bertz CT molecular complexity index is 762. The van der Waals surface area contributed by atoms with Crippen LogP contribution >= 0.6 is 0 Å². The molecule has 0 aromatic carbocycles. The Hall–Kier alpha value is -1.32. The zero-order chi connectivity index (χ0) is 38.6. The molecule has 1 unspecified atom stereocenters. The van der Waals surface area contributed by atoms with Crippen molar-refractivity contribution in [1.82, 2.24) is 0 Å². The van der Waals surface area contributed by atoms with Crippen LogP contribution < -0.4 is 0 Å². The summed E-state index contributed by atoms with van der Waals surface area (Å²) >= 11 is 0. The van der Waals surface area contributed by atoms with Crippen LogP contribution in [0.1, 0.15) is 271 Å². The summed E-state index contributed by atoms with van der Waals surface area (Å²) in [7, 11) is 0. The van der Waals surface area contributed by atoms with E-state index in [1.807, 2.05) is 0 Å². The number of carbonyl (C=O) groups excluding carboxylic acids is 2. The van der Waals surface area contributed by atoms with Gasteiger partial charge in [-0.25, -0.2) is 0 Å². The van der Waals surface area contributed by atoms with Crippen LogP contribution in [0.4, 0.5) is 0 Å². The van der Waals surface area contributed by atoms with Gasteiger partial charge in [0, 0.05) is 0 Å². The lowest BCUT2D eigenvalue weighted by atomic mass is 10.0. The van der Waals surface area contributed by atoms with Crippen LogP contribution in [0, 0.1) is 5.92 Å². The predicted molar refractivity (Wildman–Crippen MR) is 232 cm³/mol. The van der Waals surface area contributed by atoms with E-state index in [1.54, 1.807) is 0 Å². The molecule has 0 aliphatic rings. The Labute approximate surface area is 332 Å². The van der Waals surface area contributed by atoms with Crippen LogP contribution in [0.15, 0.2) is 12.2 Å². The maximum Gasteiger partial charge on any atom is 0.309 e. The van der Waals surface area contributed by atoms with Crippen molar-refractivity contribution in [3.63, 3.8) is 0 Å². The fourth-order valence-electron chi connectivity index (χ4n) is 7.37. The average Bonchev–Trinajstić information content (AvgIpc) is 3.16. The molecule has 53 heavy (non-hydrogen) atoms. The van der Waals surface area contributed by atoms with E-state index >= 15 is 0 Å². The van der Waals surface area contributed by atoms with Gasteiger partial charge in [-0.2, -0.15) is 0 Å². The first-order valence-corrected chi connectivity index (χ1v) is 24.1. The second-order valence-corrected chi connectivity index (χ2v) is 16.5. The van der Waals surface area contributed by atoms with Gasteiger partial charge in [-0.3, -0.25) is 9.59 Å². The topological polar surface area (TPSA) is 52.6 Å². The molecule has 0 saturated heterocycles. The summed E-state index contributed by atoms with van der Waals surface area (Å²) in [6.07, 6.45) is 53.3. The van der Waals surface area contributed by atoms with Crippen LogP contribution in [0.2, 0.25) is 0 Å². The summed E-state index contributed by atoms with van der Waals surface area (Å²) in [5.41, 5.74) is 0. The number of hydrogen-bond acceptors (Lipinski definition) is 4. The van der Waals surface area contributed by atoms with E-state index in [2.05, 4.69) is 32.9 Å². The van der Waals surface area contributed by atoms with Crippen LogP contribution in [-0.4, -0.2) is 25.2 Å². The summed E-state index contributed by atoms with van der Waals surface area (Å²) in [5.74, 6) is -0.933. The zero-order valence-electron chi connectivity index (χ0n) is 36.4. The second-order valence-electron chi connectivity index (χ2n) is 16.5. The van der Waals surface area contributed by atoms with E-state index in [9.17, 15) is 9.59 Å². The summed E-state index contributed by atoms with van der Waals surface area (Å²) in [6.45, 7) is 7.74. The SMILES string of the molecule is CCCCCCCCCCCCCCCCCC/C=C/CC(CC(=O)OCCCCCCCCCCCC)C(=O)OCCCCCCCCCCCC. The van der Waals surface area contributed by atoms with E-state index in [0.717, 1.165) is 32.1 Å². The van der Waals surface area contributed by atoms with Crippen molar-refractivity contribution < 1.29 is 19.1 Å². The fraction of sp³-hybridized carbons (Fsp3) is 0.918. The van der Waals surface area contributed by atoms with Crippen molar-refractivity contribution in [3.8, 4) is 0 Å². The molecule has 0 amide bonds. The molecular weight excluding hydrogens is 653 g/mol. The average molecular weight is 747 g/mol. The Balaban J connectivity index is 4.22. The second kappa shape index (κ2) is 45.1.